The van der Waals surface area contributed by atoms with Crippen LogP contribution < -0.4 is 14.8 Å². The van der Waals surface area contributed by atoms with E-state index in [1.54, 1.807) is 12.1 Å². The number of rotatable bonds is 9. The summed E-state index contributed by atoms with van der Waals surface area (Å²) in [5, 5.41) is 11.5. The highest BCUT2D eigenvalue weighted by atomic mass is 16.5. The summed E-state index contributed by atoms with van der Waals surface area (Å²) in [6.07, 6.45) is 2.12. The Morgan fingerprint density at radius 1 is 1.00 bits per heavy atom. The molecular formula is C20H21NO5. The Kier molecular flexibility index (Phi) is 5.41. The fourth-order valence-electron chi connectivity index (χ4n) is 2.58. The number of carboxylic acid groups (broad SMARTS) is 1. The van der Waals surface area contributed by atoms with Crippen LogP contribution in [0.4, 0.5) is 0 Å². The highest BCUT2D eigenvalue weighted by molar-refractivity contribution is 5.88. The van der Waals surface area contributed by atoms with Crippen LogP contribution in [-0.4, -0.2) is 35.7 Å². The van der Waals surface area contributed by atoms with Crippen LogP contribution in [0.15, 0.2) is 54.6 Å². The van der Waals surface area contributed by atoms with E-state index < -0.39 is 11.6 Å². The summed E-state index contributed by atoms with van der Waals surface area (Å²) in [7, 11) is 0. The molecular weight excluding hydrogens is 334 g/mol. The summed E-state index contributed by atoms with van der Waals surface area (Å²) in [6.45, 7) is 0.146. The monoisotopic (exact) mass is 355 g/mol. The molecule has 1 aliphatic carbocycles. The normalized spacial score (nSPS) is 14.3. The first-order chi connectivity index (χ1) is 12.6. The van der Waals surface area contributed by atoms with Crippen molar-refractivity contribution in [1.82, 2.24) is 5.32 Å². The van der Waals surface area contributed by atoms with E-state index in [-0.39, 0.29) is 12.5 Å². The SMILES string of the molecule is O=C(O)COc1ccc(CCNC(=O)C2(Oc3ccccc3)CC2)cc1. The largest absolute Gasteiger partial charge is 0.482 e. The van der Waals surface area contributed by atoms with Crippen molar-refractivity contribution >= 4 is 11.9 Å². The second-order valence-electron chi connectivity index (χ2n) is 6.24. The van der Waals surface area contributed by atoms with E-state index in [0.717, 1.165) is 18.4 Å². The molecule has 136 valence electrons. The number of carbonyl (C=O) groups excluding carboxylic acids is 1. The third kappa shape index (κ3) is 4.75. The van der Waals surface area contributed by atoms with Crippen LogP contribution in [0, 0.1) is 0 Å². The van der Waals surface area contributed by atoms with Gasteiger partial charge in [0, 0.05) is 19.4 Å². The number of aliphatic carboxylic acids is 1. The first kappa shape index (κ1) is 17.8. The molecule has 2 aromatic rings. The van der Waals surface area contributed by atoms with E-state index in [9.17, 15) is 9.59 Å². The molecule has 26 heavy (non-hydrogen) atoms. The quantitative estimate of drug-likeness (QED) is 0.722. The zero-order valence-corrected chi connectivity index (χ0v) is 14.3. The Labute approximate surface area is 151 Å². The van der Waals surface area contributed by atoms with Crippen LogP contribution in [0.2, 0.25) is 0 Å². The topological polar surface area (TPSA) is 84.9 Å². The Morgan fingerprint density at radius 2 is 1.69 bits per heavy atom. The lowest BCUT2D eigenvalue weighted by atomic mass is 10.1. The molecule has 0 heterocycles. The first-order valence-electron chi connectivity index (χ1n) is 8.53. The highest BCUT2D eigenvalue weighted by Gasteiger charge is 2.52. The Hall–Kier alpha value is -3.02. The van der Waals surface area contributed by atoms with Crippen molar-refractivity contribution in [2.24, 2.45) is 0 Å². The van der Waals surface area contributed by atoms with Crippen molar-refractivity contribution in [3.8, 4) is 11.5 Å². The second-order valence-corrected chi connectivity index (χ2v) is 6.24. The number of hydrogen-bond acceptors (Lipinski definition) is 4. The van der Waals surface area contributed by atoms with Gasteiger partial charge in [0.2, 0.25) is 0 Å². The lowest BCUT2D eigenvalue weighted by Crippen LogP contribution is -2.41. The number of ether oxygens (including phenoxy) is 2. The van der Waals surface area contributed by atoms with Gasteiger partial charge in [0.1, 0.15) is 11.5 Å². The zero-order valence-electron chi connectivity index (χ0n) is 14.3. The number of para-hydroxylation sites is 1. The van der Waals surface area contributed by atoms with Gasteiger partial charge in [-0.15, -0.1) is 0 Å². The smallest absolute Gasteiger partial charge is 0.341 e. The van der Waals surface area contributed by atoms with Gasteiger partial charge in [0.25, 0.3) is 5.91 Å². The van der Waals surface area contributed by atoms with Crippen LogP contribution in [0.5, 0.6) is 11.5 Å². The number of hydrogen-bond donors (Lipinski definition) is 2. The highest BCUT2D eigenvalue weighted by Crippen LogP contribution is 2.40. The Morgan fingerprint density at radius 3 is 2.31 bits per heavy atom. The van der Waals surface area contributed by atoms with Crippen LogP contribution in [-0.2, 0) is 16.0 Å². The third-order valence-corrected chi connectivity index (χ3v) is 4.16. The van der Waals surface area contributed by atoms with Crippen molar-refractivity contribution in [2.45, 2.75) is 24.9 Å². The fraction of sp³-hybridized carbons (Fsp3) is 0.300. The van der Waals surface area contributed by atoms with E-state index in [4.69, 9.17) is 14.6 Å². The maximum Gasteiger partial charge on any atom is 0.341 e. The third-order valence-electron chi connectivity index (χ3n) is 4.16. The standard InChI is InChI=1S/C20H21NO5/c22-18(23)14-25-16-8-6-15(7-9-16)10-13-21-19(24)20(11-12-20)26-17-4-2-1-3-5-17/h1-9H,10-14H2,(H,21,24)(H,22,23). The molecule has 1 amide bonds. The molecule has 0 radical (unpaired) electrons. The molecule has 1 fully saturated rings. The van der Waals surface area contributed by atoms with Crippen LogP contribution in [0.25, 0.3) is 0 Å². The average Bonchev–Trinajstić information content (AvgIpc) is 3.42. The van der Waals surface area contributed by atoms with Crippen molar-refractivity contribution in [2.75, 3.05) is 13.2 Å². The van der Waals surface area contributed by atoms with Gasteiger partial charge in [-0.1, -0.05) is 30.3 Å². The number of benzene rings is 2. The molecule has 0 saturated heterocycles. The summed E-state index contributed by atoms with van der Waals surface area (Å²) in [5.74, 6) is 0.122. The fourth-order valence-corrected chi connectivity index (χ4v) is 2.58. The molecule has 0 aliphatic heterocycles. The predicted molar refractivity (Wildman–Crippen MR) is 95.3 cm³/mol. The van der Waals surface area contributed by atoms with Crippen LogP contribution in [0.1, 0.15) is 18.4 Å². The van der Waals surface area contributed by atoms with E-state index in [0.29, 0.717) is 24.5 Å². The Bertz CT molecular complexity index is 754. The molecule has 2 aromatic carbocycles. The number of carbonyl (C=O) groups is 2. The lowest BCUT2D eigenvalue weighted by molar-refractivity contribution is -0.139. The van der Waals surface area contributed by atoms with Crippen molar-refractivity contribution < 1.29 is 24.2 Å². The number of amides is 1. The average molecular weight is 355 g/mol. The van der Waals surface area contributed by atoms with E-state index in [2.05, 4.69) is 5.32 Å². The molecule has 0 spiro atoms. The number of carboxylic acids is 1. The minimum Gasteiger partial charge on any atom is -0.482 e. The minimum absolute atomic E-state index is 0.0808. The van der Waals surface area contributed by atoms with Gasteiger partial charge in [-0.25, -0.2) is 4.79 Å². The molecule has 3 rings (SSSR count). The van der Waals surface area contributed by atoms with Gasteiger partial charge in [-0.05, 0) is 36.2 Å². The molecule has 2 N–H and O–H groups in total. The summed E-state index contributed by atoms with van der Waals surface area (Å²) >= 11 is 0. The van der Waals surface area contributed by atoms with Gasteiger partial charge in [-0.2, -0.15) is 0 Å². The second kappa shape index (κ2) is 7.91. The minimum atomic E-state index is -1.01. The summed E-state index contributed by atoms with van der Waals surface area (Å²) < 4.78 is 11.0. The summed E-state index contributed by atoms with van der Waals surface area (Å²) in [4.78, 5) is 22.9. The van der Waals surface area contributed by atoms with Gasteiger partial charge in [0.05, 0.1) is 0 Å². The molecule has 0 bridgehead atoms. The van der Waals surface area contributed by atoms with Gasteiger partial charge >= 0.3 is 5.97 Å². The lowest BCUT2D eigenvalue weighted by Gasteiger charge is -2.17. The molecule has 0 atom stereocenters. The van der Waals surface area contributed by atoms with E-state index in [1.807, 2.05) is 42.5 Å². The number of nitrogens with one attached hydrogen (secondary N) is 1. The van der Waals surface area contributed by atoms with Gasteiger partial charge in [0.15, 0.2) is 12.2 Å². The maximum atomic E-state index is 12.4. The van der Waals surface area contributed by atoms with Crippen molar-refractivity contribution in [1.29, 1.82) is 0 Å². The molecule has 6 heteroatoms. The molecule has 1 aliphatic rings. The first-order valence-corrected chi connectivity index (χ1v) is 8.53. The van der Waals surface area contributed by atoms with E-state index >= 15 is 0 Å². The molecule has 0 aromatic heterocycles. The van der Waals surface area contributed by atoms with Gasteiger partial charge < -0.3 is 19.9 Å². The summed E-state index contributed by atoms with van der Waals surface area (Å²) in [6, 6.07) is 16.5. The van der Waals surface area contributed by atoms with Crippen molar-refractivity contribution in [3.05, 3.63) is 60.2 Å². The molecule has 6 nitrogen and oxygen atoms in total. The van der Waals surface area contributed by atoms with Crippen molar-refractivity contribution in [3.63, 3.8) is 0 Å². The predicted octanol–water partition coefficient (Wildman–Crippen LogP) is 2.42. The van der Waals surface area contributed by atoms with Gasteiger partial charge in [-0.3, -0.25) is 4.79 Å². The van der Waals surface area contributed by atoms with Crippen LogP contribution in [0.3, 0.4) is 0 Å². The maximum absolute atomic E-state index is 12.4. The molecule has 0 unspecified atom stereocenters. The van der Waals surface area contributed by atoms with E-state index in [1.165, 1.54) is 0 Å². The van der Waals surface area contributed by atoms with Crippen LogP contribution >= 0.6 is 0 Å². The zero-order chi connectivity index (χ0) is 18.4. The summed E-state index contributed by atoms with van der Waals surface area (Å²) in [5.41, 5.74) is 0.303. The Balaban J connectivity index is 1.44. The molecule has 1 saturated carbocycles.